The molecule has 1 aromatic carbocycles. The van der Waals surface area contributed by atoms with Crippen LogP contribution in [0.15, 0.2) is 24.3 Å². The maximum Gasteiger partial charge on any atom is 0.412 e. The van der Waals surface area contributed by atoms with Crippen molar-refractivity contribution in [3.05, 3.63) is 34.8 Å². The number of carbonyl (C=O) groups is 2. The Morgan fingerprint density at radius 3 is 2.13 bits per heavy atom. The van der Waals surface area contributed by atoms with Gasteiger partial charge in [0.25, 0.3) is 5.91 Å². The summed E-state index contributed by atoms with van der Waals surface area (Å²) in [4.78, 5) is 24.4. The van der Waals surface area contributed by atoms with Crippen molar-refractivity contribution in [1.29, 1.82) is 0 Å². The molecule has 0 radical (unpaired) electrons. The molecule has 0 saturated heterocycles. The minimum Gasteiger partial charge on any atom is -0.444 e. The summed E-state index contributed by atoms with van der Waals surface area (Å²) in [6, 6.07) is 6.71. The van der Waals surface area contributed by atoms with Gasteiger partial charge in [-0.25, -0.2) is 4.79 Å². The molecule has 8 heteroatoms. The predicted octanol–water partition coefficient (Wildman–Crippen LogP) is 3.45. The van der Waals surface area contributed by atoms with E-state index >= 15 is 0 Å². The number of ether oxygens (including phenoxy) is 1. The average molecular weight is 334 g/mol. The molecule has 2 aromatic rings. The number of nitrogens with zero attached hydrogens (tertiary/aromatic N) is 2. The van der Waals surface area contributed by atoms with Gasteiger partial charge in [-0.15, -0.1) is 5.10 Å². The summed E-state index contributed by atoms with van der Waals surface area (Å²) in [5.74, 6) is -0.316. The number of rotatable bonds is 3. The van der Waals surface area contributed by atoms with Crippen LogP contribution in [0.3, 0.4) is 0 Å². The van der Waals surface area contributed by atoms with Crippen molar-refractivity contribution < 1.29 is 14.3 Å². The zero-order valence-electron chi connectivity index (χ0n) is 13.3. The van der Waals surface area contributed by atoms with E-state index < -0.39 is 11.7 Å². The maximum atomic E-state index is 12.0. The third-order valence-corrected chi connectivity index (χ3v) is 3.29. The number of hydrogen-bond acceptors (Lipinski definition) is 6. The number of hydrogen-bond donors (Lipinski definition) is 2. The normalized spacial score (nSPS) is 11.0. The minimum absolute atomic E-state index is 0.311. The molecule has 0 bridgehead atoms. The Morgan fingerprint density at radius 1 is 1.09 bits per heavy atom. The summed E-state index contributed by atoms with van der Waals surface area (Å²) < 4.78 is 8.89. The molecular weight excluding hydrogens is 316 g/mol. The van der Waals surface area contributed by atoms with Gasteiger partial charge in [-0.05, 0) is 63.5 Å². The molecule has 23 heavy (non-hydrogen) atoms. The summed E-state index contributed by atoms with van der Waals surface area (Å²) in [5.41, 5.74) is 0.920. The molecular formula is C15H18N4O3S. The highest BCUT2D eigenvalue weighted by Crippen LogP contribution is 2.17. The van der Waals surface area contributed by atoms with E-state index in [1.54, 1.807) is 52.0 Å². The molecule has 1 aromatic heterocycles. The van der Waals surface area contributed by atoms with Crippen LogP contribution in [0.4, 0.5) is 16.2 Å². The quantitative estimate of drug-likeness (QED) is 0.897. The molecule has 0 aliphatic heterocycles. The first-order chi connectivity index (χ1) is 10.7. The Bertz CT molecular complexity index is 704. The van der Waals surface area contributed by atoms with Gasteiger partial charge in [-0.3, -0.25) is 10.1 Å². The SMILES string of the molecule is Cc1snnc1C(=O)Nc1ccc(NC(=O)OC(C)(C)C)cc1. The van der Waals surface area contributed by atoms with E-state index in [1.807, 2.05) is 0 Å². The predicted molar refractivity (Wildman–Crippen MR) is 88.9 cm³/mol. The average Bonchev–Trinajstić information content (AvgIpc) is 2.85. The first-order valence-corrected chi connectivity index (χ1v) is 7.72. The van der Waals surface area contributed by atoms with Crippen LogP contribution in [0.1, 0.15) is 36.1 Å². The van der Waals surface area contributed by atoms with E-state index in [0.717, 1.165) is 4.88 Å². The lowest BCUT2D eigenvalue weighted by molar-refractivity contribution is 0.0635. The van der Waals surface area contributed by atoms with Gasteiger partial charge in [-0.2, -0.15) is 0 Å². The van der Waals surface area contributed by atoms with E-state index in [4.69, 9.17) is 4.74 Å². The number of anilines is 2. The lowest BCUT2D eigenvalue weighted by Crippen LogP contribution is -2.27. The van der Waals surface area contributed by atoms with Crippen LogP contribution in [0, 0.1) is 6.92 Å². The number of aromatic nitrogens is 2. The Morgan fingerprint density at radius 2 is 1.65 bits per heavy atom. The molecule has 0 aliphatic carbocycles. The summed E-state index contributed by atoms with van der Waals surface area (Å²) in [7, 11) is 0. The van der Waals surface area contributed by atoms with Crippen molar-refractivity contribution in [2.24, 2.45) is 0 Å². The zero-order valence-corrected chi connectivity index (χ0v) is 14.2. The van der Waals surface area contributed by atoms with Crippen molar-refractivity contribution >= 4 is 34.9 Å². The van der Waals surface area contributed by atoms with E-state index in [9.17, 15) is 9.59 Å². The third-order valence-electron chi connectivity index (χ3n) is 2.66. The highest BCUT2D eigenvalue weighted by Gasteiger charge is 2.16. The van der Waals surface area contributed by atoms with Gasteiger partial charge in [0.1, 0.15) is 5.60 Å². The maximum absolute atomic E-state index is 12.0. The number of benzene rings is 1. The van der Waals surface area contributed by atoms with Crippen molar-refractivity contribution in [3.8, 4) is 0 Å². The van der Waals surface area contributed by atoms with Gasteiger partial charge in [0.2, 0.25) is 0 Å². The molecule has 0 atom stereocenters. The van der Waals surface area contributed by atoms with Crippen LogP contribution < -0.4 is 10.6 Å². The monoisotopic (exact) mass is 334 g/mol. The molecule has 0 unspecified atom stereocenters. The number of nitrogens with one attached hydrogen (secondary N) is 2. The van der Waals surface area contributed by atoms with Gasteiger partial charge < -0.3 is 10.1 Å². The van der Waals surface area contributed by atoms with Crippen LogP contribution in [-0.4, -0.2) is 27.2 Å². The van der Waals surface area contributed by atoms with Gasteiger partial charge >= 0.3 is 6.09 Å². The van der Waals surface area contributed by atoms with E-state index in [2.05, 4.69) is 20.2 Å². The van der Waals surface area contributed by atoms with E-state index in [-0.39, 0.29) is 5.91 Å². The molecule has 0 spiro atoms. The van der Waals surface area contributed by atoms with Gasteiger partial charge in [0, 0.05) is 11.4 Å². The second-order valence-electron chi connectivity index (χ2n) is 5.84. The second kappa shape index (κ2) is 6.74. The third kappa shape index (κ3) is 5.03. The molecule has 122 valence electrons. The highest BCUT2D eigenvalue weighted by atomic mass is 32.1. The van der Waals surface area contributed by atoms with Crippen molar-refractivity contribution in [2.75, 3.05) is 10.6 Å². The molecule has 7 nitrogen and oxygen atoms in total. The largest absolute Gasteiger partial charge is 0.444 e. The lowest BCUT2D eigenvalue weighted by Gasteiger charge is -2.19. The first-order valence-electron chi connectivity index (χ1n) is 6.95. The standard InChI is InChI=1S/C15H18N4O3S/c1-9-12(18-19-23-9)13(20)16-10-5-7-11(8-6-10)17-14(21)22-15(2,3)4/h5-8H,1-4H3,(H,16,20)(H,17,21). The Kier molecular flexibility index (Phi) is 4.95. The van der Waals surface area contributed by atoms with Crippen molar-refractivity contribution in [3.63, 3.8) is 0 Å². The fourth-order valence-electron chi connectivity index (χ4n) is 1.69. The van der Waals surface area contributed by atoms with Crippen LogP contribution in [0.25, 0.3) is 0 Å². The van der Waals surface area contributed by atoms with Crippen LogP contribution >= 0.6 is 11.5 Å². The Balaban J connectivity index is 1.96. The Hall–Kier alpha value is -2.48. The van der Waals surface area contributed by atoms with Crippen LogP contribution in [-0.2, 0) is 4.74 Å². The zero-order chi connectivity index (χ0) is 17.0. The molecule has 2 amide bonds. The summed E-state index contributed by atoms with van der Waals surface area (Å²) >= 11 is 1.17. The molecule has 0 fully saturated rings. The van der Waals surface area contributed by atoms with Gasteiger partial charge in [0.15, 0.2) is 5.69 Å². The first kappa shape index (κ1) is 16.9. The minimum atomic E-state index is -0.558. The number of carbonyl (C=O) groups excluding carboxylic acids is 2. The Labute approximate surface area is 138 Å². The van der Waals surface area contributed by atoms with Crippen molar-refractivity contribution in [2.45, 2.75) is 33.3 Å². The van der Waals surface area contributed by atoms with Crippen LogP contribution in [0.5, 0.6) is 0 Å². The smallest absolute Gasteiger partial charge is 0.412 e. The van der Waals surface area contributed by atoms with E-state index in [1.165, 1.54) is 11.5 Å². The molecule has 0 saturated carbocycles. The topological polar surface area (TPSA) is 93.2 Å². The lowest BCUT2D eigenvalue weighted by atomic mass is 10.2. The number of amides is 2. The summed E-state index contributed by atoms with van der Waals surface area (Å²) in [6.07, 6.45) is -0.529. The van der Waals surface area contributed by atoms with Crippen LogP contribution in [0.2, 0.25) is 0 Å². The van der Waals surface area contributed by atoms with Gasteiger partial charge in [-0.1, -0.05) is 4.49 Å². The second-order valence-corrected chi connectivity index (χ2v) is 6.79. The molecule has 1 heterocycles. The van der Waals surface area contributed by atoms with E-state index in [0.29, 0.717) is 17.1 Å². The summed E-state index contributed by atoms with van der Waals surface area (Å²) in [6.45, 7) is 7.16. The fourth-order valence-corrected chi connectivity index (χ4v) is 2.16. The molecule has 0 aliphatic rings. The molecule has 2 rings (SSSR count). The fraction of sp³-hybridized carbons (Fsp3) is 0.333. The van der Waals surface area contributed by atoms with Crippen molar-refractivity contribution in [1.82, 2.24) is 9.59 Å². The summed E-state index contributed by atoms with van der Waals surface area (Å²) in [5, 5.41) is 9.13. The number of aryl methyl sites for hydroxylation is 1. The molecule has 2 N–H and O–H groups in total. The van der Waals surface area contributed by atoms with Gasteiger partial charge in [0.05, 0.1) is 4.88 Å². The highest BCUT2D eigenvalue weighted by molar-refractivity contribution is 7.05.